The van der Waals surface area contributed by atoms with Gasteiger partial charge in [-0.3, -0.25) is 0 Å². The average Bonchev–Trinajstić information content (AvgIpc) is 2.59. The molecule has 1 aromatic carbocycles. The van der Waals surface area contributed by atoms with E-state index >= 15 is 0 Å². The highest BCUT2D eigenvalue weighted by Gasteiger charge is 2.06. The molecule has 2 N–H and O–H groups in total. The van der Waals surface area contributed by atoms with E-state index in [1.54, 1.807) is 25.2 Å². The van der Waals surface area contributed by atoms with Crippen molar-refractivity contribution in [3.05, 3.63) is 29.8 Å². The molecule has 0 amide bonds. The Morgan fingerprint density at radius 1 is 1.47 bits per heavy atom. The van der Waals surface area contributed by atoms with Crippen LogP contribution in [-0.2, 0) is 7.05 Å². The van der Waals surface area contributed by atoms with Crippen LogP contribution in [0.2, 0.25) is 0 Å². The Morgan fingerprint density at radius 2 is 2.27 bits per heavy atom. The molecule has 0 spiro atoms. The third kappa shape index (κ3) is 1.65. The zero-order valence-electron chi connectivity index (χ0n) is 8.18. The van der Waals surface area contributed by atoms with E-state index in [4.69, 9.17) is 11.0 Å². The molecular weight excluding hydrogens is 190 g/mol. The molecule has 0 saturated carbocycles. The van der Waals surface area contributed by atoms with E-state index < -0.39 is 0 Å². The lowest BCUT2D eigenvalue weighted by atomic mass is 10.1. The van der Waals surface area contributed by atoms with Gasteiger partial charge in [-0.1, -0.05) is 12.1 Å². The number of nitrogens with zero attached hydrogens (tertiary/aromatic N) is 4. The second-order valence-electron chi connectivity index (χ2n) is 3.11. The van der Waals surface area contributed by atoms with Gasteiger partial charge in [0.25, 0.3) is 0 Å². The second kappa shape index (κ2) is 3.42. The zero-order valence-corrected chi connectivity index (χ0v) is 8.18. The largest absolute Gasteiger partial charge is 0.368 e. The molecule has 0 radical (unpaired) electrons. The first-order valence-corrected chi connectivity index (χ1v) is 4.38. The van der Waals surface area contributed by atoms with Crippen LogP contribution in [0, 0.1) is 11.3 Å². The monoisotopic (exact) mass is 199 g/mol. The standard InChI is InChI=1S/C10H9N5/c1-15-10(12)13-9(14-15)8-4-2-3-7(5-8)6-11/h2-5H,1H3,(H2,12,13,14). The van der Waals surface area contributed by atoms with E-state index in [2.05, 4.69) is 16.2 Å². The number of nitrogens with two attached hydrogens (primary N) is 1. The Balaban J connectivity index is 2.50. The number of aromatic nitrogens is 3. The maximum Gasteiger partial charge on any atom is 0.218 e. The van der Waals surface area contributed by atoms with Gasteiger partial charge in [-0.2, -0.15) is 10.2 Å². The molecule has 74 valence electrons. The maximum absolute atomic E-state index is 8.75. The first-order valence-electron chi connectivity index (χ1n) is 4.38. The van der Waals surface area contributed by atoms with Gasteiger partial charge in [0.1, 0.15) is 0 Å². The third-order valence-electron chi connectivity index (χ3n) is 2.05. The molecule has 0 unspecified atom stereocenters. The molecule has 0 fully saturated rings. The molecule has 0 atom stereocenters. The summed E-state index contributed by atoms with van der Waals surface area (Å²) in [5.41, 5.74) is 6.95. The number of nitriles is 1. The first-order chi connectivity index (χ1) is 7.20. The molecule has 5 heteroatoms. The third-order valence-corrected chi connectivity index (χ3v) is 2.05. The lowest BCUT2D eigenvalue weighted by Crippen LogP contribution is -1.97. The van der Waals surface area contributed by atoms with Crippen molar-refractivity contribution in [1.29, 1.82) is 5.26 Å². The Morgan fingerprint density at radius 3 is 2.87 bits per heavy atom. The van der Waals surface area contributed by atoms with Crippen molar-refractivity contribution in [2.24, 2.45) is 7.05 Å². The molecular formula is C10H9N5. The van der Waals surface area contributed by atoms with E-state index in [9.17, 15) is 0 Å². The van der Waals surface area contributed by atoms with Crippen molar-refractivity contribution < 1.29 is 0 Å². The van der Waals surface area contributed by atoms with Crippen molar-refractivity contribution >= 4 is 5.95 Å². The van der Waals surface area contributed by atoms with Crippen molar-refractivity contribution in [1.82, 2.24) is 14.8 Å². The molecule has 2 rings (SSSR count). The SMILES string of the molecule is Cn1nc(-c2cccc(C#N)c2)nc1N. The maximum atomic E-state index is 8.75. The van der Waals surface area contributed by atoms with Crippen LogP contribution in [0.4, 0.5) is 5.95 Å². The summed E-state index contributed by atoms with van der Waals surface area (Å²) in [5.74, 6) is 0.888. The highest BCUT2D eigenvalue weighted by atomic mass is 15.4. The Labute approximate surface area is 86.8 Å². The summed E-state index contributed by atoms with van der Waals surface area (Å²) in [6, 6.07) is 9.16. The minimum absolute atomic E-state index is 0.354. The normalized spacial score (nSPS) is 9.87. The molecule has 1 heterocycles. The summed E-state index contributed by atoms with van der Waals surface area (Å²) in [6.07, 6.45) is 0. The van der Waals surface area contributed by atoms with Crippen molar-refractivity contribution in [2.45, 2.75) is 0 Å². The fourth-order valence-electron chi connectivity index (χ4n) is 1.25. The zero-order chi connectivity index (χ0) is 10.8. The van der Waals surface area contributed by atoms with E-state index in [1.807, 2.05) is 6.07 Å². The summed E-state index contributed by atoms with van der Waals surface area (Å²) >= 11 is 0. The predicted molar refractivity (Wildman–Crippen MR) is 55.6 cm³/mol. The number of anilines is 1. The van der Waals surface area contributed by atoms with Crippen LogP contribution in [0.3, 0.4) is 0 Å². The Hall–Kier alpha value is -2.35. The molecule has 0 bridgehead atoms. The van der Waals surface area contributed by atoms with Crippen molar-refractivity contribution in [2.75, 3.05) is 5.73 Å². The van der Waals surface area contributed by atoms with Gasteiger partial charge < -0.3 is 5.73 Å². The number of nitrogen functional groups attached to an aromatic ring is 1. The van der Waals surface area contributed by atoms with Gasteiger partial charge in [-0.25, -0.2) is 4.68 Å². The summed E-state index contributed by atoms with van der Waals surface area (Å²) in [6.45, 7) is 0. The molecule has 0 saturated heterocycles. The summed E-state index contributed by atoms with van der Waals surface area (Å²) in [7, 11) is 1.72. The molecule has 1 aromatic heterocycles. The van der Waals surface area contributed by atoms with Gasteiger partial charge >= 0.3 is 0 Å². The van der Waals surface area contributed by atoms with E-state index in [-0.39, 0.29) is 0 Å². The quantitative estimate of drug-likeness (QED) is 0.741. The van der Waals surface area contributed by atoms with Crippen LogP contribution >= 0.6 is 0 Å². The van der Waals surface area contributed by atoms with Gasteiger partial charge in [-0.15, -0.1) is 5.10 Å². The number of rotatable bonds is 1. The topological polar surface area (TPSA) is 80.5 Å². The lowest BCUT2D eigenvalue weighted by Gasteiger charge is -1.94. The van der Waals surface area contributed by atoms with E-state index in [1.165, 1.54) is 4.68 Å². The van der Waals surface area contributed by atoms with Crippen LogP contribution in [0.25, 0.3) is 11.4 Å². The Bertz CT molecular complexity index is 515. The van der Waals surface area contributed by atoms with E-state index in [0.717, 1.165) is 5.56 Å². The summed E-state index contributed by atoms with van der Waals surface area (Å²) < 4.78 is 1.49. The number of benzene rings is 1. The molecule has 5 nitrogen and oxygen atoms in total. The van der Waals surface area contributed by atoms with Gasteiger partial charge in [0.15, 0.2) is 5.82 Å². The highest BCUT2D eigenvalue weighted by Crippen LogP contribution is 2.17. The lowest BCUT2D eigenvalue weighted by molar-refractivity contribution is 0.781. The molecule has 0 aliphatic heterocycles. The van der Waals surface area contributed by atoms with Gasteiger partial charge in [0, 0.05) is 12.6 Å². The minimum atomic E-state index is 0.354. The van der Waals surface area contributed by atoms with Gasteiger partial charge in [0.05, 0.1) is 11.6 Å². The van der Waals surface area contributed by atoms with Crippen LogP contribution in [0.5, 0.6) is 0 Å². The van der Waals surface area contributed by atoms with Crippen LogP contribution in [0.1, 0.15) is 5.56 Å². The number of hydrogen-bond acceptors (Lipinski definition) is 4. The number of aryl methyl sites for hydroxylation is 1. The van der Waals surface area contributed by atoms with Crippen LogP contribution in [0.15, 0.2) is 24.3 Å². The van der Waals surface area contributed by atoms with E-state index in [0.29, 0.717) is 17.3 Å². The molecule has 0 aliphatic rings. The second-order valence-corrected chi connectivity index (χ2v) is 3.11. The number of hydrogen-bond donors (Lipinski definition) is 1. The van der Waals surface area contributed by atoms with Crippen molar-refractivity contribution in [3.8, 4) is 17.5 Å². The molecule has 0 aliphatic carbocycles. The summed E-state index contributed by atoms with van der Waals surface area (Å²) in [5, 5.41) is 12.9. The fourth-order valence-corrected chi connectivity index (χ4v) is 1.25. The van der Waals surface area contributed by atoms with Crippen LogP contribution in [-0.4, -0.2) is 14.8 Å². The van der Waals surface area contributed by atoms with Crippen LogP contribution < -0.4 is 5.73 Å². The first kappa shape index (κ1) is 9.21. The minimum Gasteiger partial charge on any atom is -0.368 e. The van der Waals surface area contributed by atoms with Crippen molar-refractivity contribution in [3.63, 3.8) is 0 Å². The van der Waals surface area contributed by atoms with Gasteiger partial charge in [0.2, 0.25) is 5.95 Å². The smallest absolute Gasteiger partial charge is 0.218 e. The molecule has 15 heavy (non-hydrogen) atoms. The Kier molecular flexibility index (Phi) is 2.10. The average molecular weight is 199 g/mol. The predicted octanol–water partition coefficient (Wildman–Crippen LogP) is 0.936. The van der Waals surface area contributed by atoms with Gasteiger partial charge in [-0.05, 0) is 12.1 Å². The highest BCUT2D eigenvalue weighted by molar-refractivity contribution is 5.58. The molecule has 2 aromatic rings. The fraction of sp³-hybridized carbons (Fsp3) is 0.100. The summed E-state index contributed by atoms with van der Waals surface area (Å²) in [4.78, 5) is 4.08.